The van der Waals surface area contributed by atoms with Gasteiger partial charge in [0.2, 0.25) is 0 Å². The van der Waals surface area contributed by atoms with Crippen LogP contribution in [0.1, 0.15) is 0 Å². The van der Waals surface area contributed by atoms with Gasteiger partial charge in [0.05, 0.1) is 6.53 Å². The first kappa shape index (κ1) is 5.10. The molecule has 0 fully saturated rings. The molecule has 0 amide bonds. The molecule has 0 aromatic rings. The van der Waals surface area contributed by atoms with Crippen LogP contribution in [0.15, 0.2) is 0 Å². The molecule has 0 aliphatic heterocycles. The van der Waals surface area contributed by atoms with E-state index in [1.54, 1.807) is 21.2 Å². The molecule has 0 bridgehead atoms. The Bertz CT molecular complexity index is 54.4. The second kappa shape index (κ2) is 2.34. The zero-order valence-corrected chi connectivity index (χ0v) is 5.51. The van der Waals surface area contributed by atoms with Crippen molar-refractivity contribution >= 4 is 38.9 Å². The highest BCUT2D eigenvalue weighted by atomic mass is 127. The fraction of sp³-hybridized carbons (Fsp3) is 0. The molecule has 0 rings (SSSR count). The third kappa shape index (κ3) is 11.3. The molecule has 0 saturated carbocycles. The predicted molar refractivity (Wildman–Crippen MR) is 30.9 cm³/mol. The van der Waals surface area contributed by atoms with Crippen LogP contribution in [0.4, 0.5) is 0 Å². The monoisotopic (exact) mass is 208 g/mol. The highest BCUT2D eigenvalue weighted by molar-refractivity contribution is 14.2. The minimum atomic E-state index is -1.32. The van der Waals surface area contributed by atoms with E-state index in [-0.39, 0.29) is 0 Å². The molecule has 0 aromatic carbocycles. The van der Waals surface area contributed by atoms with Gasteiger partial charge in [-0.05, 0) is 11.2 Å². The van der Waals surface area contributed by atoms with E-state index in [0.29, 0.717) is 0 Å². The van der Waals surface area contributed by atoms with Crippen LogP contribution in [-0.4, -0.2) is 4.21 Å². The Hall–Kier alpha value is 1.10. The summed E-state index contributed by atoms with van der Waals surface area (Å²) in [6.07, 6.45) is 0. The SMILES string of the molecule is O=[SH](=S)I. The zero-order chi connectivity index (χ0) is 3.58. The van der Waals surface area contributed by atoms with Crippen molar-refractivity contribution in [2.75, 3.05) is 0 Å². The van der Waals surface area contributed by atoms with Crippen LogP contribution in [-0.2, 0) is 17.7 Å². The minimum absolute atomic E-state index is 1.32. The Morgan fingerprint density at radius 1 is 2.00 bits per heavy atom. The minimum Gasteiger partial charge on any atom is -0.249 e. The summed E-state index contributed by atoms with van der Waals surface area (Å²) in [4.78, 5) is 0. The van der Waals surface area contributed by atoms with Crippen LogP contribution < -0.4 is 0 Å². The first-order valence-corrected chi connectivity index (χ1v) is 5.59. The molecule has 1 atom stereocenters. The molecule has 4 heteroatoms. The Labute approximate surface area is 43.1 Å². The highest BCUT2D eigenvalue weighted by Crippen LogP contribution is 1.72. The normalized spacial score (nSPS) is 15.2. The van der Waals surface area contributed by atoms with Crippen molar-refractivity contribution in [3.8, 4) is 0 Å². The van der Waals surface area contributed by atoms with E-state index >= 15 is 0 Å². The van der Waals surface area contributed by atoms with Gasteiger partial charge >= 0.3 is 0 Å². The van der Waals surface area contributed by atoms with E-state index in [1.165, 1.54) is 0 Å². The second-order valence-electron chi connectivity index (χ2n) is 0.213. The van der Waals surface area contributed by atoms with Crippen molar-refractivity contribution < 1.29 is 4.21 Å². The summed E-state index contributed by atoms with van der Waals surface area (Å²) in [5, 5.41) is 0. The van der Waals surface area contributed by atoms with Crippen LogP contribution in [0.3, 0.4) is 0 Å². The number of thiol groups is 1. The zero-order valence-electron chi connectivity index (χ0n) is 1.64. The van der Waals surface area contributed by atoms with Crippen LogP contribution in [0.2, 0.25) is 0 Å². The first-order valence-electron chi connectivity index (χ1n) is 0.534. The molecule has 0 aromatic heterocycles. The molecule has 0 spiro atoms. The van der Waals surface area contributed by atoms with Gasteiger partial charge in [-0.25, -0.2) is 4.21 Å². The van der Waals surface area contributed by atoms with E-state index in [1.807, 2.05) is 0 Å². The van der Waals surface area contributed by atoms with Crippen LogP contribution in [0.25, 0.3) is 0 Å². The van der Waals surface area contributed by atoms with E-state index in [9.17, 15) is 4.21 Å². The van der Waals surface area contributed by atoms with Crippen molar-refractivity contribution in [2.45, 2.75) is 0 Å². The molecule has 0 radical (unpaired) electrons. The number of hydrogen-bond donors (Lipinski definition) is 1. The third-order valence-corrected chi connectivity index (χ3v) is 0. The van der Waals surface area contributed by atoms with Crippen molar-refractivity contribution in [3.05, 3.63) is 0 Å². The van der Waals surface area contributed by atoms with Gasteiger partial charge in [-0.2, -0.15) is 0 Å². The molecule has 0 saturated heterocycles. The summed E-state index contributed by atoms with van der Waals surface area (Å²) in [6, 6.07) is 0. The van der Waals surface area contributed by atoms with Gasteiger partial charge in [-0.1, -0.05) is 0 Å². The molecular weight excluding hydrogens is 207 g/mol. The maximum Gasteiger partial charge on any atom is 0.0746 e. The molecule has 0 aliphatic rings. The van der Waals surface area contributed by atoms with Gasteiger partial charge in [-0.15, -0.1) is 0 Å². The van der Waals surface area contributed by atoms with Gasteiger partial charge in [0.1, 0.15) is 0 Å². The Kier molecular flexibility index (Phi) is 2.99. The summed E-state index contributed by atoms with van der Waals surface area (Å²) in [5.41, 5.74) is 0. The molecule has 0 N–H and O–H groups in total. The van der Waals surface area contributed by atoms with Crippen LogP contribution >= 0.6 is 21.2 Å². The molecular formula is HIOS2. The first-order chi connectivity index (χ1) is 1.73. The molecule has 0 heterocycles. The van der Waals surface area contributed by atoms with Gasteiger partial charge in [0, 0.05) is 21.2 Å². The summed E-state index contributed by atoms with van der Waals surface area (Å²) in [7, 11) is 0. The average Bonchev–Trinajstić information content (AvgIpc) is 0.811. The lowest BCUT2D eigenvalue weighted by Crippen LogP contribution is -1.33. The summed E-state index contributed by atoms with van der Waals surface area (Å²) >= 11 is 5.78. The van der Waals surface area contributed by atoms with E-state index in [0.717, 1.165) is 0 Å². The van der Waals surface area contributed by atoms with E-state index in [4.69, 9.17) is 0 Å². The largest absolute Gasteiger partial charge is 0.249 e. The highest BCUT2D eigenvalue weighted by Gasteiger charge is 1.43. The summed E-state index contributed by atoms with van der Waals surface area (Å²) in [6.45, 7) is -1.32. The standard InChI is InChI=1S/HIOS2/c1-4(2)3/h4H. The predicted octanol–water partition coefficient (Wildman–Crippen LogP) is 0.279. The quantitative estimate of drug-likeness (QED) is 0.350. The van der Waals surface area contributed by atoms with Gasteiger partial charge < -0.3 is 0 Å². The Morgan fingerprint density at radius 3 is 2.00 bits per heavy atom. The number of hydrogen-bond acceptors (Lipinski definition) is 2. The van der Waals surface area contributed by atoms with E-state index in [2.05, 4.69) is 11.2 Å². The van der Waals surface area contributed by atoms with E-state index < -0.39 is 6.53 Å². The van der Waals surface area contributed by atoms with Crippen LogP contribution in [0.5, 0.6) is 0 Å². The fourth-order valence-electron chi connectivity index (χ4n) is 0. The lowest BCUT2D eigenvalue weighted by molar-refractivity contribution is 0.701. The maximum absolute atomic E-state index is 9.39. The van der Waals surface area contributed by atoms with Crippen LogP contribution in [0, 0.1) is 0 Å². The Morgan fingerprint density at radius 2 is 2.00 bits per heavy atom. The van der Waals surface area contributed by atoms with Crippen molar-refractivity contribution in [1.82, 2.24) is 0 Å². The summed E-state index contributed by atoms with van der Waals surface area (Å²) < 4.78 is 9.39. The molecule has 4 heavy (non-hydrogen) atoms. The average molecular weight is 208 g/mol. The molecule has 1 nitrogen and oxygen atoms in total. The molecule has 0 aliphatic carbocycles. The molecule has 1 unspecified atom stereocenters. The van der Waals surface area contributed by atoms with Gasteiger partial charge in [0.25, 0.3) is 0 Å². The topological polar surface area (TPSA) is 17.1 Å². The van der Waals surface area contributed by atoms with Gasteiger partial charge in [0.15, 0.2) is 0 Å². The number of rotatable bonds is 0. The lowest BCUT2D eigenvalue weighted by atomic mass is 16.0. The van der Waals surface area contributed by atoms with Gasteiger partial charge in [-0.3, -0.25) is 0 Å². The second-order valence-corrected chi connectivity index (χ2v) is 6.23. The third-order valence-electron chi connectivity index (χ3n) is 0. The lowest BCUT2D eigenvalue weighted by Gasteiger charge is -1.41. The van der Waals surface area contributed by atoms with Crippen molar-refractivity contribution in [2.24, 2.45) is 0 Å². The molecule has 26 valence electrons. The summed E-state index contributed by atoms with van der Waals surface area (Å²) in [5.74, 6) is 0. The van der Waals surface area contributed by atoms with Crippen molar-refractivity contribution in [3.63, 3.8) is 0 Å². The smallest absolute Gasteiger partial charge is 0.0746 e. The number of halogens is 1. The maximum atomic E-state index is 9.39. The Balaban J connectivity index is 3.51. The van der Waals surface area contributed by atoms with Crippen molar-refractivity contribution in [1.29, 1.82) is 0 Å². The fourth-order valence-corrected chi connectivity index (χ4v) is 0.